The van der Waals surface area contributed by atoms with Crippen molar-refractivity contribution in [2.24, 2.45) is 0 Å². The standard InChI is InChI=1S/C15H16F2N2/c1-12-7-8-18-9-13(12)10-19-11-15(16,17)14-5-3-2-4-6-14/h2-9,19H,10-11H2,1H3. The monoisotopic (exact) mass is 262 g/mol. The van der Waals surface area contributed by atoms with Crippen molar-refractivity contribution in [2.75, 3.05) is 6.54 Å². The number of aromatic nitrogens is 1. The van der Waals surface area contributed by atoms with Crippen LogP contribution in [0.5, 0.6) is 0 Å². The van der Waals surface area contributed by atoms with Crippen LogP contribution in [0.15, 0.2) is 48.8 Å². The van der Waals surface area contributed by atoms with E-state index in [1.165, 1.54) is 12.1 Å². The third kappa shape index (κ3) is 3.58. The normalized spacial score (nSPS) is 11.5. The lowest BCUT2D eigenvalue weighted by molar-refractivity contribution is -0.00345. The summed E-state index contributed by atoms with van der Waals surface area (Å²) in [7, 11) is 0. The van der Waals surface area contributed by atoms with Crippen LogP contribution in [0.4, 0.5) is 8.78 Å². The van der Waals surface area contributed by atoms with Crippen LogP contribution in [0.1, 0.15) is 16.7 Å². The van der Waals surface area contributed by atoms with Crippen molar-refractivity contribution in [1.29, 1.82) is 0 Å². The number of halogens is 2. The molecule has 100 valence electrons. The molecule has 0 atom stereocenters. The predicted molar refractivity (Wildman–Crippen MR) is 71.0 cm³/mol. The molecule has 0 amide bonds. The highest BCUT2D eigenvalue weighted by Gasteiger charge is 2.30. The van der Waals surface area contributed by atoms with Crippen LogP contribution in [0, 0.1) is 6.92 Å². The number of hydrogen-bond donors (Lipinski definition) is 1. The lowest BCUT2D eigenvalue weighted by Gasteiger charge is -2.17. The quantitative estimate of drug-likeness (QED) is 0.894. The predicted octanol–water partition coefficient (Wildman–Crippen LogP) is 3.27. The maximum atomic E-state index is 13.9. The molecular formula is C15H16F2N2. The highest BCUT2D eigenvalue weighted by Crippen LogP contribution is 2.26. The Hall–Kier alpha value is -1.81. The maximum absolute atomic E-state index is 13.9. The molecule has 0 saturated carbocycles. The Morgan fingerprint density at radius 3 is 2.58 bits per heavy atom. The summed E-state index contributed by atoms with van der Waals surface area (Å²) in [4.78, 5) is 3.99. The van der Waals surface area contributed by atoms with Gasteiger partial charge in [-0.05, 0) is 24.1 Å². The second kappa shape index (κ2) is 5.89. The summed E-state index contributed by atoms with van der Waals surface area (Å²) in [5.41, 5.74) is 2.02. The molecule has 2 rings (SSSR count). The molecule has 0 bridgehead atoms. The molecule has 0 aliphatic carbocycles. The van der Waals surface area contributed by atoms with Gasteiger partial charge in [-0.3, -0.25) is 4.98 Å². The van der Waals surface area contributed by atoms with Crippen LogP contribution in [-0.2, 0) is 12.5 Å². The zero-order valence-electron chi connectivity index (χ0n) is 10.7. The number of nitrogens with one attached hydrogen (secondary N) is 1. The van der Waals surface area contributed by atoms with Gasteiger partial charge in [0.25, 0.3) is 5.92 Å². The van der Waals surface area contributed by atoms with Gasteiger partial charge in [0.1, 0.15) is 0 Å². The van der Waals surface area contributed by atoms with E-state index in [4.69, 9.17) is 0 Å². The summed E-state index contributed by atoms with van der Waals surface area (Å²) in [6, 6.07) is 9.72. The molecule has 0 spiro atoms. The third-order valence-electron chi connectivity index (χ3n) is 3.01. The van der Waals surface area contributed by atoms with E-state index in [0.29, 0.717) is 6.54 Å². The molecule has 0 saturated heterocycles. The highest BCUT2D eigenvalue weighted by atomic mass is 19.3. The topological polar surface area (TPSA) is 24.9 Å². The molecule has 0 unspecified atom stereocenters. The van der Waals surface area contributed by atoms with Crippen molar-refractivity contribution < 1.29 is 8.78 Å². The third-order valence-corrected chi connectivity index (χ3v) is 3.01. The number of rotatable bonds is 5. The van der Waals surface area contributed by atoms with Gasteiger partial charge >= 0.3 is 0 Å². The van der Waals surface area contributed by atoms with E-state index in [1.54, 1.807) is 30.6 Å². The number of benzene rings is 1. The summed E-state index contributed by atoms with van der Waals surface area (Å²) >= 11 is 0. The Bertz CT molecular complexity index is 527. The number of nitrogens with zero attached hydrogens (tertiary/aromatic N) is 1. The van der Waals surface area contributed by atoms with Crippen LogP contribution in [0.3, 0.4) is 0 Å². The second-order valence-electron chi connectivity index (χ2n) is 4.48. The first-order valence-corrected chi connectivity index (χ1v) is 6.13. The van der Waals surface area contributed by atoms with Crippen LogP contribution >= 0.6 is 0 Å². The summed E-state index contributed by atoms with van der Waals surface area (Å²) in [5.74, 6) is -2.86. The number of aryl methyl sites for hydroxylation is 1. The fraction of sp³-hybridized carbons (Fsp3) is 0.267. The maximum Gasteiger partial charge on any atom is 0.285 e. The zero-order valence-corrected chi connectivity index (χ0v) is 10.7. The van der Waals surface area contributed by atoms with Crippen molar-refractivity contribution in [3.05, 3.63) is 65.5 Å². The van der Waals surface area contributed by atoms with Crippen molar-refractivity contribution >= 4 is 0 Å². The van der Waals surface area contributed by atoms with E-state index in [-0.39, 0.29) is 12.1 Å². The van der Waals surface area contributed by atoms with Gasteiger partial charge in [0.2, 0.25) is 0 Å². The smallest absolute Gasteiger partial charge is 0.285 e. The summed E-state index contributed by atoms with van der Waals surface area (Å²) in [6.45, 7) is 1.95. The van der Waals surface area contributed by atoms with Crippen LogP contribution in [0.2, 0.25) is 0 Å². The van der Waals surface area contributed by atoms with Gasteiger partial charge in [0.15, 0.2) is 0 Å². The van der Waals surface area contributed by atoms with E-state index in [0.717, 1.165) is 11.1 Å². The minimum absolute atomic E-state index is 0.0328. The second-order valence-corrected chi connectivity index (χ2v) is 4.48. The van der Waals surface area contributed by atoms with E-state index in [1.807, 2.05) is 13.0 Å². The lowest BCUT2D eigenvalue weighted by Crippen LogP contribution is -2.30. The Kier molecular flexibility index (Phi) is 4.22. The first kappa shape index (κ1) is 13.6. The van der Waals surface area contributed by atoms with Crippen LogP contribution in [0.25, 0.3) is 0 Å². The Balaban J connectivity index is 1.94. The average molecular weight is 262 g/mol. The zero-order chi connectivity index (χ0) is 13.7. The molecule has 1 aromatic heterocycles. The van der Waals surface area contributed by atoms with E-state index < -0.39 is 5.92 Å². The van der Waals surface area contributed by atoms with Gasteiger partial charge in [0, 0.05) is 24.5 Å². The molecule has 1 aromatic carbocycles. The summed E-state index contributed by atoms with van der Waals surface area (Å²) in [5, 5.41) is 2.79. The van der Waals surface area contributed by atoms with Crippen molar-refractivity contribution in [3.8, 4) is 0 Å². The Morgan fingerprint density at radius 2 is 1.89 bits per heavy atom. The highest BCUT2D eigenvalue weighted by molar-refractivity contribution is 5.22. The molecule has 19 heavy (non-hydrogen) atoms. The van der Waals surface area contributed by atoms with Gasteiger partial charge in [-0.15, -0.1) is 0 Å². The minimum Gasteiger partial charge on any atom is -0.307 e. The summed E-state index contributed by atoms with van der Waals surface area (Å²) in [6.07, 6.45) is 3.39. The molecular weight excluding hydrogens is 246 g/mol. The van der Waals surface area contributed by atoms with Gasteiger partial charge in [-0.2, -0.15) is 8.78 Å². The fourth-order valence-corrected chi connectivity index (χ4v) is 1.82. The Labute approximate surface area is 111 Å². The van der Waals surface area contributed by atoms with Gasteiger partial charge in [-0.25, -0.2) is 0 Å². The lowest BCUT2D eigenvalue weighted by atomic mass is 10.1. The van der Waals surface area contributed by atoms with E-state index in [9.17, 15) is 8.78 Å². The largest absolute Gasteiger partial charge is 0.307 e. The average Bonchev–Trinajstić information content (AvgIpc) is 2.42. The van der Waals surface area contributed by atoms with Crippen molar-refractivity contribution in [3.63, 3.8) is 0 Å². The SMILES string of the molecule is Cc1ccncc1CNCC(F)(F)c1ccccc1. The minimum atomic E-state index is -2.86. The molecule has 1 N–H and O–H groups in total. The number of hydrogen-bond acceptors (Lipinski definition) is 2. The molecule has 0 aliphatic heterocycles. The van der Waals surface area contributed by atoms with Gasteiger partial charge in [0.05, 0.1) is 6.54 Å². The molecule has 0 aliphatic rings. The van der Waals surface area contributed by atoms with Crippen molar-refractivity contribution in [1.82, 2.24) is 10.3 Å². The van der Waals surface area contributed by atoms with Gasteiger partial charge in [-0.1, -0.05) is 30.3 Å². The Morgan fingerprint density at radius 1 is 1.16 bits per heavy atom. The molecule has 2 aromatic rings. The van der Waals surface area contributed by atoms with E-state index in [2.05, 4.69) is 10.3 Å². The molecule has 4 heteroatoms. The molecule has 1 heterocycles. The first-order chi connectivity index (χ1) is 9.09. The van der Waals surface area contributed by atoms with E-state index >= 15 is 0 Å². The molecule has 0 radical (unpaired) electrons. The van der Waals surface area contributed by atoms with Crippen LogP contribution < -0.4 is 5.32 Å². The van der Waals surface area contributed by atoms with Crippen LogP contribution in [-0.4, -0.2) is 11.5 Å². The fourth-order valence-electron chi connectivity index (χ4n) is 1.82. The van der Waals surface area contributed by atoms with Crippen molar-refractivity contribution in [2.45, 2.75) is 19.4 Å². The number of pyridine rings is 1. The molecule has 0 fully saturated rings. The molecule has 2 nitrogen and oxygen atoms in total. The number of alkyl halides is 2. The first-order valence-electron chi connectivity index (χ1n) is 6.13. The van der Waals surface area contributed by atoms with Gasteiger partial charge < -0.3 is 5.32 Å². The summed E-state index contributed by atoms with van der Waals surface area (Å²) < 4.78 is 27.8.